The predicted molar refractivity (Wildman–Crippen MR) is 211 cm³/mol. The van der Waals surface area contributed by atoms with Crippen molar-refractivity contribution < 1.29 is 61.5 Å². The third kappa shape index (κ3) is 9.22. The Morgan fingerprint density at radius 3 is 2.35 bits per heavy atom. The van der Waals surface area contributed by atoms with Gasteiger partial charge in [-0.25, -0.2) is 4.79 Å². The average Bonchev–Trinajstić information content (AvgIpc) is 3.73. The number of carbonyl (C=O) groups is 3. The topological polar surface area (TPSA) is 241 Å². The summed E-state index contributed by atoms with van der Waals surface area (Å²) in [5.41, 5.74) is -1.15. The molecule has 316 valence electrons. The molecule has 1 aromatic heterocycles. The van der Waals surface area contributed by atoms with Gasteiger partial charge in [0.25, 0.3) is 0 Å². The molecule has 1 aromatic carbocycles. The number of β-amino-alcohol motifs (C(OH)–C–C–N with tert-alkyl or cyclic N) is 1. The zero-order valence-corrected chi connectivity index (χ0v) is 35.1. The van der Waals surface area contributed by atoms with Crippen LogP contribution in [0.4, 0.5) is 0 Å². The summed E-state index contributed by atoms with van der Waals surface area (Å²) in [4.78, 5) is 37.7. The number of hydrogen-bond donors (Lipinski definition) is 7. The first-order valence-corrected chi connectivity index (χ1v) is 20.8. The van der Waals surface area contributed by atoms with Gasteiger partial charge < -0.3 is 34.9 Å². The smallest absolute Gasteiger partial charge is 0.394 e. The van der Waals surface area contributed by atoms with E-state index in [9.17, 15) is 29.7 Å². The minimum absolute atomic E-state index is 0.00557. The first-order valence-electron chi connectivity index (χ1n) is 18.5. The Labute approximate surface area is 342 Å². The first kappa shape index (κ1) is 46.6. The lowest BCUT2D eigenvalue weighted by atomic mass is 9.45. The second-order valence-corrected chi connectivity index (χ2v) is 18.5. The fourth-order valence-electron chi connectivity index (χ4n) is 9.55. The van der Waals surface area contributed by atoms with Gasteiger partial charge in [0, 0.05) is 34.4 Å². The highest BCUT2D eigenvalue weighted by atomic mass is 35.5. The van der Waals surface area contributed by atoms with Crippen molar-refractivity contribution in [2.75, 3.05) is 12.4 Å². The Morgan fingerprint density at radius 2 is 1.79 bits per heavy atom. The quantitative estimate of drug-likeness (QED) is 0.0983. The van der Waals surface area contributed by atoms with Gasteiger partial charge in [0.1, 0.15) is 5.75 Å². The molecular weight excluding hydrogens is 805 g/mol. The molecule has 7 N–H and O–H groups in total. The number of fused-ring (bicyclic) bond motifs is 5. The van der Waals surface area contributed by atoms with Crippen LogP contribution in [0.5, 0.6) is 5.75 Å². The summed E-state index contributed by atoms with van der Waals surface area (Å²) in [6, 6.07) is 7.83. The van der Waals surface area contributed by atoms with Gasteiger partial charge in [0.2, 0.25) is 5.76 Å². The zero-order valence-electron chi connectivity index (χ0n) is 32.7. The van der Waals surface area contributed by atoms with E-state index in [0.29, 0.717) is 36.9 Å². The van der Waals surface area contributed by atoms with E-state index in [1.54, 1.807) is 24.3 Å². The molecule has 0 spiro atoms. The number of rotatable bonds is 8. The number of ketones is 2. The molecule has 14 nitrogen and oxygen atoms in total. The number of furan rings is 1. The summed E-state index contributed by atoms with van der Waals surface area (Å²) in [6.45, 7) is 12.1. The molecule has 2 aromatic rings. The molecule has 57 heavy (non-hydrogen) atoms. The SMILES string of the molecule is CC(C)(C)NC[C@H](O)c1ccc(O)c(CO)c1.C[C@@H]1C[C@H]2[C@@H]3CCC4=CC(=O)C=C[C@]4(C)[C@@]3(Cl)[C@@H](O)C[C@]2(C)[C@@]1(OC(=O)c1ccco1)C(=O)CCl.O=S(=O)(O)O. The first-order chi connectivity index (χ1) is 26.3. The lowest BCUT2D eigenvalue weighted by Crippen LogP contribution is -2.69. The van der Waals surface area contributed by atoms with Crippen molar-refractivity contribution in [3.05, 3.63) is 77.3 Å². The van der Waals surface area contributed by atoms with Gasteiger partial charge in [-0.1, -0.05) is 38.5 Å². The second-order valence-electron chi connectivity index (χ2n) is 16.7. The second kappa shape index (κ2) is 17.2. The van der Waals surface area contributed by atoms with E-state index in [-0.39, 0.29) is 65.3 Å². The molecule has 0 saturated heterocycles. The van der Waals surface area contributed by atoms with Crippen LogP contribution < -0.4 is 5.32 Å². The molecule has 0 aliphatic heterocycles. The monoisotopic (exact) mass is 857 g/mol. The molecule has 4 aliphatic carbocycles. The van der Waals surface area contributed by atoms with Gasteiger partial charge in [-0.05, 0) is 100 Å². The fourth-order valence-corrected chi connectivity index (χ4v) is 10.3. The number of allylic oxidation sites excluding steroid dienone is 4. The van der Waals surface area contributed by atoms with E-state index in [2.05, 4.69) is 5.32 Å². The number of benzene rings is 1. The van der Waals surface area contributed by atoms with E-state index >= 15 is 0 Å². The standard InChI is InChI=1S/C27H30Cl2O6.C13H21NO3.H2O4S/c1-15-11-19-18-7-6-16-12-17(30)8-9-24(16,2)26(18,29)21(31)13-25(19,3)27(15,22(32)14-28)35-23(33)20-5-4-10-34-20;1-13(2,3)14-7-12(17)9-4-5-11(16)10(6-9)8-15;1-5(2,3)4/h4-5,8-10,12,15,18-19,21,31H,6-7,11,13-14H2,1-3H3;4-6,12,14-17H,7-8H2,1-3H3;(H2,1,2,3,4)/t15-,18+,19+,21+,24+,25+,26+,27+;12-;/m10./s1. The number of nitrogens with one attached hydrogen (secondary N) is 1. The maximum absolute atomic E-state index is 13.6. The minimum Gasteiger partial charge on any atom is -0.508 e. The summed E-state index contributed by atoms with van der Waals surface area (Å²) in [5.74, 6) is -2.07. The minimum atomic E-state index is -4.67. The number of ether oxygens (including phenoxy) is 1. The Kier molecular flexibility index (Phi) is 14.1. The van der Waals surface area contributed by atoms with Crippen LogP contribution in [-0.2, 0) is 31.3 Å². The fraction of sp³-hybridized carbons (Fsp3) is 0.575. The van der Waals surface area contributed by atoms with Gasteiger partial charge in [0.05, 0.1) is 35.8 Å². The molecule has 0 amide bonds. The molecule has 9 atom stereocenters. The Balaban J connectivity index is 0.000000273. The maximum Gasteiger partial charge on any atom is 0.394 e. The van der Waals surface area contributed by atoms with Crippen LogP contribution in [0.1, 0.15) is 95.0 Å². The van der Waals surface area contributed by atoms with Crippen LogP contribution >= 0.6 is 23.2 Å². The number of hydrogen-bond acceptors (Lipinski definition) is 12. The molecule has 4 aliphatic rings. The maximum atomic E-state index is 13.6. The van der Waals surface area contributed by atoms with Gasteiger partial charge in [-0.3, -0.25) is 18.7 Å². The Morgan fingerprint density at radius 1 is 1.14 bits per heavy atom. The molecule has 6 rings (SSSR count). The molecule has 3 fully saturated rings. The van der Waals surface area contributed by atoms with Crippen LogP contribution in [0.15, 0.2) is 64.8 Å². The Hall–Kier alpha value is -3.12. The number of esters is 1. The normalized spacial score (nSPS) is 32.2. The van der Waals surface area contributed by atoms with Crippen LogP contribution in [-0.4, -0.2) is 90.0 Å². The highest BCUT2D eigenvalue weighted by molar-refractivity contribution is 7.79. The molecule has 0 unspecified atom stereocenters. The van der Waals surface area contributed by atoms with Crippen molar-refractivity contribution in [1.82, 2.24) is 5.32 Å². The predicted octanol–water partition coefficient (Wildman–Crippen LogP) is 5.52. The molecule has 3 saturated carbocycles. The third-order valence-electron chi connectivity index (χ3n) is 12.2. The number of halogens is 2. The lowest BCUT2D eigenvalue weighted by molar-refractivity contribution is -0.177. The van der Waals surface area contributed by atoms with Crippen molar-refractivity contribution in [3.8, 4) is 5.75 Å². The molecule has 0 radical (unpaired) electrons. The van der Waals surface area contributed by atoms with Crippen molar-refractivity contribution in [3.63, 3.8) is 0 Å². The summed E-state index contributed by atoms with van der Waals surface area (Å²) in [6.07, 6.45) is 6.78. The summed E-state index contributed by atoms with van der Waals surface area (Å²) >= 11 is 13.6. The molecule has 1 heterocycles. The highest BCUT2D eigenvalue weighted by Gasteiger charge is 2.76. The van der Waals surface area contributed by atoms with Gasteiger partial charge in [0.15, 0.2) is 17.2 Å². The highest BCUT2D eigenvalue weighted by Crippen LogP contribution is 2.72. The lowest BCUT2D eigenvalue weighted by Gasteiger charge is -2.64. The van der Waals surface area contributed by atoms with E-state index in [1.165, 1.54) is 24.5 Å². The largest absolute Gasteiger partial charge is 0.508 e. The molecule has 0 bridgehead atoms. The number of aromatic hydroxyl groups is 1. The number of phenols is 1. The van der Waals surface area contributed by atoms with Crippen LogP contribution in [0.25, 0.3) is 0 Å². The summed E-state index contributed by atoms with van der Waals surface area (Å²) in [5, 5.41) is 43.4. The molecule has 17 heteroatoms. The number of aliphatic hydroxyl groups excluding tert-OH is 3. The average molecular weight is 859 g/mol. The third-order valence-corrected chi connectivity index (χ3v) is 13.3. The van der Waals surface area contributed by atoms with Crippen molar-refractivity contribution in [2.45, 2.75) is 102 Å². The van der Waals surface area contributed by atoms with Gasteiger partial charge >= 0.3 is 16.4 Å². The summed E-state index contributed by atoms with van der Waals surface area (Å²) < 4.78 is 42.9. The van der Waals surface area contributed by atoms with E-state index < -0.39 is 49.9 Å². The molecular formula is C40H53Cl2NO13S. The van der Waals surface area contributed by atoms with E-state index in [4.69, 9.17) is 55.0 Å². The van der Waals surface area contributed by atoms with Crippen LogP contribution in [0.2, 0.25) is 0 Å². The van der Waals surface area contributed by atoms with Gasteiger partial charge in [-0.15, -0.1) is 23.2 Å². The number of aliphatic hydroxyl groups is 3. The Bertz CT molecular complexity index is 1970. The van der Waals surface area contributed by atoms with E-state index in [1.807, 2.05) is 47.6 Å². The van der Waals surface area contributed by atoms with Crippen LogP contribution in [0, 0.1) is 28.6 Å². The van der Waals surface area contributed by atoms with Crippen molar-refractivity contribution >= 4 is 51.1 Å². The van der Waals surface area contributed by atoms with Crippen molar-refractivity contribution in [1.29, 1.82) is 0 Å². The van der Waals surface area contributed by atoms with Crippen molar-refractivity contribution in [2.24, 2.45) is 28.6 Å². The number of alkyl halides is 2. The van der Waals surface area contributed by atoms with E-state index in [0.717, 1.165) is 5.57 Å². The number of carbonyl (C=O) groups excluding carboxylic acids is 3. The summed E-state index contributed by atoms with van der Waals surface area (Å²) in [7, 11) is -4.67. The van der Waals surface area contributed by atoms with Crippen LogP contribution in [0.3, 0.4) is 0 Å². The van der Waals surface area contributed by atoms with Gasteiger partial charge in [-0.2, -0.15) is 8.42 Å². The zero-order chi connectivity index (χ0) is 42.9. The number of Topliss-reactive ketones (excluding diaryl/α,β-unsaturated/α-hetero) is 1.